The first-order chi connectivity index (χ1) is 14.8. The van der Waals surface area contributed by atoms with E-state index in [2.05, 4.69) is 15.3 Å². The fraction of sp³-hybridized carbons (Fsp3) is 0.167. The monoisotopic (exact) mass is 399 g/mol. The van der Waals surface area contributed by atoms with Gasteiger partial charge < -0.3 is 19.8 Å². The SMILES string of the molecule is O=C(CCc1ccc2c(c1)OCO2)NC(c1ccccc1)c1ccc2nc[nH]c2c1. The molecule has 0 radical (unpaired) electrons. The smallest absolute Gasteiger partial charge is 0.231 e. The van der Waals surface area contributed by atoms with E-state index < -0.39 is 0 Å². The number of ether oxygens (including phenoxy) is 2. The number of imidazole rings is 1. The molecule has 1 atom stereocenters. The summed E-state index contributed by atoms with van der Waals surface area (Å²) in [6.07, 6.45) is 2.69. The van der Waals surface area contributed by atoms with Gasteiger partial charge in [-0.25, -0.2) is 4.98 Å². The predicted octanol–water partition coefficient (Wildman–Crippen LogP) is 4.13. The summed E-state index contributed by atoms with van der Waals surface area (Å²) in [6.45, 7) is 0.249. The largest absolute Gasteiger partial charge is 0.454 e. The summed E-state index contributed by atoms with van der Waals surface area (Å²) in [4.78, 5) is 20.3. The van der Waals surface area contributed by atoms with Gasteiger partial charge in [0.2, 0.25) is 12.7 Å². The number of carbonyl (C=O) groups is 1. The average Bonchev–Trinajstić information content (AvgIpc) is 3.45. The van der Waals surface area contributed by atoms with Gasteiger partial charge in [-0.1, -0.05) is 42.5 Å². The molecular weight excluding hydrogens is 378 g/mol. The van der Waals surface area contributed by atoms with Crippen LogP contribution >= 0.6 is 0 Å². The first-order valence-corrected chi connectivity index (χ1v) is 9.92. The minimum absolute atomic E-state index is 0.00812. The Morgan fingerprint density at radius 2 is 1.87 bits per heavy atom. The average molecular weight is 399 g/mol. The van der Waals surface area contributed by atoms with E-state index in [9.17, 15) is 4.79 Å². The molecule has 30 heavy (non-hydrogen) atoms. The zero-order chi connectivity index (χ0) is 20.3. The third-order valence-electron chi connectivity index (χ3n) is 5.29. The van der Waals surface area contributed by atoms with Gasteiger partial charge >= 0.3 is 0 Å². The second-order valence-corrected chi connectivity index (χ2v) is 7.28. The van der Waals surface area contributed by atoms with Crippen LogP contribution in [0.25, 0.3) is 11.0 Å². The van der Waals surface area contributed by atoms with Crippen LogP contribution in [0.3, 0.4) is 0 Å². The summed E-state index contributed by atoms with van der Waals surface area (Å²) in [6, 6.07) is 21.6. The van der Waals surface area contributed by atoms with E-state index in [1.165, 1.54) is 0 Å². The molecule has 150 valence electrons. The van der Waals surface area contributed by atoms with Gasteiger partial charge in [0.05, 0.1) is 23.4 Å². The number of carbonyl (C=O) groups excluding carboxylic acids is 1. The molecule has 1 amide bonds. The Hall–Kier alpha value is -3.80. The molecule has 6 nitrogen and oxygen atoms in total. The van der Waals surface area contributed by atoms with Crippen LogP contribution in [0.2, 0.25) is 0 Å². The van der Waals surface area contributed by atoms with Crippen LogP contribution in [0, 0.1) is 0 Å². The van der Waals surface area contributed by atoms with Crippen molar-refractivity contribution >= 4 is 16.9 Å². The van der Waals surface area contributed by atoms with E-state index in [0.717, 1.165) is 39.2 Å². The number of fused-ring (bicyclic) bond motifs is 2. The number of aromatic nitrogens is 2. The molecule has 0 spiro atoms. The number of nitrogens with zero attached hydrogens (tertiary/aromatic N) is 1. The van der Waals surface area contributed by atoms with Crippen molar-refractivity contribution < 1.29 is 14.3 Å². The lowest BCUT2D eigenvalue weighted by atomic mass is 9.97. The Labute approximate surface area is 173 Å². The van der Waals surface area contributed by atoms with Crippen molar-refractivity contribution in [1.29, 1.82) is 0 Å². The van der Waals surface area contributed by atoms with Gasteiger partial charge in [-0.05, 0) is 47.4 Å². The number of amides is 1. The van der Waals surface area contributed by atoms with Gasteiger partial charge in [-0.2, -0.15) is 0 Å². The molecule has 1 aliphatic rings. The molecule has 4 aromatic rings. The van der Waals surface area contributed by atoms with Crippen LogP contribution in [0.15, 0.2) is 73.1 Å². The molecule has 0 saturated heterocycles. The minimum atomic E-state index is -0.233. The molecular formula is C24H21N3O3. The first-order valence-electron chi connectivity index (χ1n) is 9.92. The minimum Gasteiger partial charge on any atom is -0.454 e. The Balaban J connectivity index is 1.33. The quantitative estimate of drug-likeness (QED) is 0.511. The standard InChI is InChI=1S/C24H21N3O3/c28-23(11-7-16-6-10-21-22(12-16)30-15-29-21)27-24(17-4-2-1-3-5-17)18-8-9-19-20(13-18)26-14-25-19/h1-6,8-10,12-14,24H,7,11,15H2,(H,25,26)(H,27,28). The molecule has 0 saturated carbocycles. The zero-order valence-corrected chi connectivity index (χ0v) is 16.3. The summed E-state index contributed by atoms with van der Waals surface area (Å²) in [5.41, 5.74) is 4.94. The highest BCUT2D eigenvalue weighted by Gasteiger charge is 2.18. The van der Waals surface area contributed by atoms with Gasteiger partial charge in [0.25, 0.3) is 0 Å². The van der Waals surface area contributed by atoms with Crippen LogP contribution in [-0.4, -0.2) is 22.7 Å². The van der Waals surface area contributed by atoms with Crippen molar-refractivity contribution in [1.82, 2.24) is 15.3 Å². The van der Waals surface area contributed by atoms with Gasteiger partial charge in [-0.3, -0.25) is 4.79 Å². The maximum absolute atomic E-state index is 12.8. The predicted molar refractivity (Wildman–Crippen MR) is 113 cm³/mol. The number of benzene rings is 3. The van der Waals surface area contributed by atoms with Gasteiger partial charge in [0.15, 0.2) is 11.5 Å². The third kappa shape index (κ3) is 3.72. The lowest BCUT2D eigenvalue weighted by Gasteiger charge is -2.20. The Kier molecular flexibility index (Phi) is 4.81. The molecule has 1 aliphatic heterocycles. The normalized spacial score (nSPS) is 13.3. The fourth-order valence-electron chi connectivity index (χ4n) is 3.72. The van der Waals surface area contributed by atoms with Crippen LogP contribution in [0.4, 0.5) is 0 Å². The molecule has 0 bridgehead atoms. The lowest BCUT2D eigenvalue weighted by molar-refractivity contribution is -0.121. The Morgan fingerprint density at radius 1 is 1.00 bits per heavy atom. The molecule has 1 unspecified atom stereocenters. The Bertz CT molecular complexity index is 1190. The van der Waals surface area contributed by atoms with E-state index in [-0.39, 0.29) is 18.7 Å². The number of rotatable bonds is 6. The zero-order valence-electron chi connectivity index (χ0n) is 16.3. The van der Waals surface area contributed by atoms with Crippen LogP contribution in [-0.2, 0) is 11.2 Å². The molecule has 6 heteroatoms. The van der Waals surface area contributed by atoms with Crippen molar-refractivity contribution in [2.24, 2.45) is 0 Å². The lowest BCUT2D eigenvalue weighted by Crippen LogP contribution is -2.29. The fourth-order valence-corrected chi connectivity index (χ4v) is 3.72. The maximum Gasteiger partial charge on any atom is 0.231 e. The molecule has 2 heterocycles. The number of H-pyrrole nitrogens is 1. The molecule has 3 aromatic carbocycles. The van der Waals surface area contributed by atoms with Crippen LogP contribution in [0.5, 0.6) is 11.5 Å². The van der Waals surface area contributed by atoms with Crippen molar-refractivity contribution in [2.75, 3.05) is 6.79 Å². The molecule has 2 N–H and O–H groups in total. The summed E-state index contributed by atoms with van der Waals surface area (Å²) in [5.74, 6) is 1.48. The number of nitrogens with one attached hydrogen (secondary N) is 2. The van der Waals surface area contributed by atoms with E-state index in [4.69, 9.17) is 9.47 Å². The number of aryl methyl sites for hydroxylation is 1. The summed E-state index contributed by atoms with van der Waals surface area (Å²) in [7, 11) is 0. The second kappa shape index (κ2) is 7.91. The first kappa shape index (κ1) is 18.2. The van der Waals surface area contributed by atoms with Crippen LogP contribution in [0.1, 0.15) is 29.2 Å². The van der Waals surface area contributed by atoms with Gasteiger partial charge in [-0.15, -0.1) is 0 Å². The van der Waals surface area contributed by atoms with E-state index in [0.29, 0.717) is 12.8 Å². The molecule has 0 aliphatic carbocycles. The van der Waals surface area contributed by atoms with E-state index >= 15 is 0 Å². The van der Waals surface area contributed by atoms with Gasteiger partial charge in [0, 0.05) is 6.42 Å². The number of hydrogen-bond donors (Lipinski definition) is 2. The molecule has 0 fully saturated rings. The maximum atomic E-state index is 12.8. The van der Waals surface area contributed by atoms with E-state index in [1.54, 1.807) is 6.33 Å². The number of aromatic amines is 1. The van der Waals surface area contributed by atoms with Crippen molar-refractivity contribution in [3.63, 3.8) is 0 Å². The van der Waals surface area contributed by atoms with Crippen molar-refractivity contribution in [2.45, 2.75) is 18.9 Å². The molecule has 5 rings (SSSR count). The second-order valence-electron chi connectivity index (χ2n) is 7.28. The molecule has 1 aromatic heterocycles. The number of hydrogen-bond acceptors (Lipinski definition) is 4. The van der Waals surface area contributed by atoms with Crippen molar-refractivity contribution in [3.8, 4) is 11.5 Å². The van der Waals surface area contributed by atoms with Crippen LogP contribution < -0.4 is 14.8 Å². The summed E-state index contributed by atoms with van der Waals surface area (Å²) < 4.78 is 10.8. The highest BCUT2D eigenvalue weighted by Crippen LogP contribution is 2.33. The highest BCUT2D eigenvalue weighted by atomic mass is 16.7. The topological polar surface area (TPSA) is 76.2 Å². The van der Waals surface area contributed by atoms with E-state index in [1.807, 2.05) is 66.7 Å². The Morgan fingerprint density at radius 3 is 2.77 bits per heavy atom. The van der Waals surface area contributed by atoms with Crippen molar-refractivity contribution in [3.05, 3.63) is 89.7 Å². The van der Waals surface area contributed by atoms with Gasteiger partial charge in [0.1, 0.15) is 0 Å². The summed E-state index contributed by atoms with van der Waals surface area (Å²) >= 11 is 0. The highest BCUT2D eigenvalue weighted by molar-refractivity contribution is 5.79. The summed E-state index contributed by atoms with van der Waals surface area (Å²) in [5, 5.41) is 3.20. The third-order valence-corrected chi connectivity index (χ3v) is 5.29.